The number of hydrogen-bond acceptors (Lipinski definition) is 8. The molecule has 1 amide bonds. The third-order valence-corrected chi connectivity index (χ3v) is 6.62. The van der Waals surface area contributed by atoms with Gasteiger partial charge >= 0.3 is 0 Å². The number of nitrogens with two attached hydrogens (primary N) is 1. The molecule has 0 spiro atoms. The van der Waals surface area contributed by atoms with Crippen LogP contribution in [-0.4, -0.2) is 61.5 Å². The van der Waals surface area contributed by atoms with Gasteiger partial charge in [0.1, 0.15) is 11.3 Å². The Morgan fingerprint density at radius 3 is 2.85 bits per heavy atom. The van der Waals surface area contributed by atoms with E-state index in [1.54, 1.807) is 19.5 Å². The van der Waals surface area contributed by atoms with Crippen LogP contribution in [0.2, 0.25) is 0 Å². The van der Waals surface area contributed by atoms with Crippen molar-refractivity contribution in [3.8, 4) is 0 Å². The first-order valence-corrected chi connectivity index (χ1v) is 11.6. The fraction of sp³-hybridized carbons (Fsp3) is 0.458. The highest BCUT2D eigenvalue weighted by Gasteiger charge is 2.47. The van der Waals surface area contributed by atoms with Crippen LogP contribution < -0.4 is 15.5 Å². The van der Waals surface area contributed by atoms with Crippen LogP contribution in [-0.2, 0) is 19.9 Å². The molecule has 5 rings (SSSR count). The number of carbonyl (C=O) groups is 1. The van der Waals surface area contributed by atoms with E-state index in [1.807, 2.05) is 30.2 Å². The molecule has 180 valence electrons. The van der Waals surface area contributed by atoms with Gasteiger partial charge in [0, 0.05) is 57.7 Å². The van der Waals surface area contributed by atoms with Crippen LogP contribution in [0, 0.1) is 0 Å². The largest absolute Gasteiger partial charge is 0.472 e. The summed E-state index contributed by atoms with van der Waals surface area (Å²) in [5.41, 5.74) is 8.36. The maximum atomic E-state index is 13.0. The monoisotopic (exact) mass is 466 g/mol. The van der Waals surface area contributed by atoms with Gasteiger partial charge in [-0.05, 0) is 37.5 Å². The Bertz CT molecular complexity index is 1200. The molecule has 1 atom stereocenters. The van der Waals surface area contributed by atoms with Gasteiger partial charge in [-0.1, -0.05) is 0 Å². The predicted molar refractivity (Wildman–Crippen MR) is 128 cm³/mol. The molecule has 2 aliphatic heterocycles. The van der Waals surface area contributed by atoms with Gasteiger partial charge < -0.3 is 29.4 Å². The summed E-state index contributed by atoms with van der Waals surface area (Å²) >= 11 is 0. The van der Waals surface area contributed by atoms with Gasteiger partial charge in [-0.3, -0.25) is 9.89 Å². The number of aromatic amines is 1. The molecule has 2 aliphatic rings. The minimum atomic E-state index is -1.34. The molecule has 0 saturated carbocycles. The summed E-state index contributed by atoms with van der Waals surface area (Å²) in [5, 5.41) is 6.78. The Morgan fingerprint density at radius 2 is 2.15 bits per heavy atom. The maximum absolute atomic E-state index is 13.0. The smallest absolute Gasteiger partial charge is 0.298 e. The third-order valence-electron chi connectivity index (χ3n) is 6.62. The number of carbonyl (C=O) groups excluding carboxylic acids is 1. The molecule has 4 heterocycles. The minimum Gasteiger partial charge on any atom is -0.472 e. The topological polar surface area (TPSA) is 123 Å². The van der Waals surface area contributed by atoms with Gasteiger partial charge in [0.2, 0.25) is 5.60 Å². The van der Waals surface area contributed by atoms with Crippen molar-refractivity contribution in [2.24, 2.45) is 5.73 Å². The van der Waals surface area contributed by atoms with Crippen molar-refractivity contribution in [1.29, 1.82) is 0 Å². The van der Waals surface area contributed by atoms with Gasteiger partial charge in [0.15, 0.2) is 5.58 Å². The van der Waals surface area contributed by atoms with Gasteiger partial charge in [0.05, 0.1) is 18.4 Å². The highest BCUT2D eigenvalue weighted by Crippen LogP contribution is 2.46. The van der Waals surface area contributed by atoms with Gasteiger partial charge in [-0.15, -0.1) is 0 Å². The number of methoxy groups -OCH3 is 1. The van der Waals surface area contributed by atoms with Crippen LogP contribution in [0.3, 0.4) is 0 Å². The average molecular weight is 467 g/mol. The van der Waals surface area contributed by atoms with E-state index in [0.717, 1.165) is 42.7 Å². The molecule has 10 heteroatoms. The number of primary amides is 1. The zero-order chi connectivity index (χ0) is 23.7. The van der Waals surface area contributed by atoms with Crippen molar-refractivity contribution in [2.75, 3.05) is 50.2 Å². The van der Waals surface area contributed by atoms with Crippen molar-refractivity contribution in [3.05, 3.63) is 41.7 Å². The lowest BCUT2D eigenvalue weighted by Gasteiger charge is -2.35. The lowest BCUT2D eigenvalue weighted by atomic mass is 9.88. The lowest BCUT2D eigenvalue weighted by Crippen LogP contribution is -2.43. The molecule has 1 fully saturated rings. The molecule has 0 aliphatic carbocycles. The predicted octanol–water partition coefficient (Wildman–Crippen LogP) is 2.77. The van der Waals surface area contributed by atoms with E-state index in [-0.39, 0.29) is 0 Å². The number of amides is 1. The fourth-order valence-electron chi connectivity index (χ4n) is 4.68. The van der Waals surface area contributed by atoms with Crippen LogP contribution in [0.1, 0.15) is 36.8 Å². The molecule has 1 saturated heterocycles. The van der Waals surface area contributed by atoms with Crippen LogP contribution >= 0.6 is 0 Å². The van der Waals surface area contributed by atoms with Crippen molar-refractivity contribution < 1.29 is 18.7 Å². The van der Waals surface area contributed by atoms with E-state index >= 15 is 0 Å². The van der Waals surface area contributed by atoms with Crippen LogP contribution in [0.5, 0.6) is 0 Å². The number of likely N-dealkylation sites (N-methyl/N-ethyl adjacent to an activating group) is 1. The lowest BCUT2D eigenvalue weighted by molar-refractivity contribution is -0.135. The zero-order valence-corrected chi connectivity index (χ0v) is 19.5. The first-order chi connectivity index (χ1) is 16.5. The Kier molecular flexibility index (Phi) is 5.91. The number of piperidine rings is 1. The number of ether oxygens (including phenoxy) is 2. The quantitative estimate of drug-likeness (QED) is 0.520. The number of benzene rings is 1. The standard InChI is InChI=1S/C24H30N6O4/c1-29(10-11-32-2)23-28-18-13-19(30-8-4-3-5-9-30)17(12-21(18)33-23)24(22(25)31)7-6-20(34-24)16-14-26-27-15-16/h6,12-15H,3-5,7-11H2,1-2H3,(H2,25,31)(H,26,27). The third kappa shape index (κ3) is 3.87. The number of anilines is 2. The average Bonchev–Trinajstić information content (AvgIpc) is 3.61. The van der Waals surface area contributed by atoms with E-state index in [1.165, 1.54) is 6.42 Å². The number of hydrogen-bond donors (Lipinski definition) is 2. The van der Waals surface area contributed by atoms with Gasteiger partial charge in [-0.25, -0.2) is 0 Å². The molecule has 3 aromatic rings. The van der Waals surface area contributed by atoms with E-state index in [0.29, 0.717) is 42.5 Å². The molecule has 10 nitrogen and oxygen atoms in total. The SMILES string of the molecule is COCCN(C)c1nc2cc(N3CCCCC3)c(C3(C(N)=O)CC=C(c4cn[nH]c4)O3)cc2o1. The number of nitrogens with zero attached hydrogens (tertiary/aromatic N) is 4. The second-order valence-electron chi connectivity index (χ2n) is 8.85. The number of oxazole rings is 1. The second kappa shape index (κ2) is 9.02. The van der Waals surface area contributed by atoms with Crippen molar-refractivity contribution in [1.82, 2.24) is 15.2 Å². The summed E-state index contributed by atoms with van der Waals surface area (Å²) in [6, 6.07) is 4.36. The number of rotatable bonds is 8. The van der Waals surface area contributed by atoms with Crippen LogP contribution in [0.15, 0.2) is 35.0 Å². The fourth-order valence-corrected chi connectivity index (χ4v) is 4.68. The van der Waals surface area contributed by atoms with E-state index in [2.05, 4.69) is 15.1 Å². The summed E-state index contributed by atoms with van der Waals surface area (Å²) < 4.78 is 17.6. The number of aromatic nitrogens is 3. The maximum Gasteiger partial charge on any atom is 0.298 e. The second-order valence-corrected chi connectivity index (χ2v) is 8.85. The van der Waals surface area contributed by atoms with Crippen molar-refractivity contribution in [3.63, 3.8) is 0 Å². The molecular formula is C24H30N6O4. The molecule has 1 aromatic carbocycles. The van der Waals surface area contributed by atoms with Crippen molar-refractivity contribution in [2.45, 2.75) is 31.3 Å². The summed E-state index contributed by atoms with van der Waals surface area (Å²) in [4.78, 5) is 21.9. The highest BCUT2D eigenvalue weighted by atomic mass is 16.5. The van der Waals surface area contributed by atoms with E-state index in [9.17, 15) is 4.79 Å². The molecule has 2 aromatic heterocycles. The summed E-state index contributed by atoms with van der Waals surface area (Å²) in [5.74, 6) is 0.0339. The molecule has 1 unspecified atom stereocenters. The minimum absolute atomic E-state index is 0.323. The van der Waals surface area contributed by atoms with Gasteiger partial charge in [-0.2, -0.15) is 10.1 Å². The number of fused-ring (bicyclic) bond motifs is 1. The first-order valence-electron chi connectivity index (χ1n) is 11.6. The van der Waals surface area contributed by atoms with E-state index in [4.69, 9.17) is 24.6 Å². The summed E-state index contributed by atoms with van der Waals surface area (Å²) in [6.45, 7) is 2.99. The Balaban J connectivity index is 1.60. The summed E-state index contributed by atoms with van der Waals surface area (Å²) in [7, 11) is 3.57. The summed E-state index contributed by atoms with van der Waals surface area (Å²) in [6.07, 6.45) is 8.98. The number of H-pyrrole nitrogens is 1. The Labute approximate surface area is 197 Å². The molecular weight excluding hydrogens is 436 g/mol. The number of nitrogens with one attached hydrogen (secondary N) is 1. The van der Waals surface area contributed by atoms with Crippen molar-refractivity contribution >= 4 is 34.5 Å². The molecule has 0 radical (unpaired) electrons. The first kappa shape index (κ1) is 22.3. The Hall–Kier alpha value is -3.53. The van der Waals surface area contributed by atoms with Gasteiger partial charge in [0.25, 0.3) is 11.9 Å². The zero-order valence-electron chi connectivity index (χ0n) is 19.5. The molecule has 0 bridgehead atoms. The van der Waals surface area contributed by atoms with Crippen LogP contribution in [0.4, 0.5) is 11.7 Å². The normalized spacial score (nSPS) is 20.4. The van der Waals surface area contributed by atoms with E-state index < -0.39 is 11.5 Å². The molecule has 3 N–H and O–H groups in total. The molecule has 34 heavy (non-hydrogen) atoms. The highest BCUT2D eigenvalue weighted by molar-refractivity contribution is 5.93. The van der Waals surface area contributed by atoms with Crippen LogP contribution in [0.25, 0.3) is 16.9 Å². The Morgan fingerprint density at radius 1 is 1.32 bits per heavy atom.